The van der Waals surface area contributed by atoms with E-state index in [0.29, 0.717) is 19.6 Å². The van der Waals surface area contributed by atoms with Gasteiger partial charge in [-0.3, -0.25) is 4.79 Å². The molecule has 0 spiro atoms. The lowest BCUT2D eigenvalue weighted by Gasteiger charge is -2.51. The maximum Gasteiger partial charge on any atom is 0.217 e. The highest BCUT2D eigenvalue weighted by molar-refractivity contribution is 5.73. The van der Waals surface area contributed by atoms with E-state index in [1.165, 1.54) is 6.92 Å². The third kappa shape index (κ3) is 4.96. The zero-order chi connectivity index (χ0) is 19.4. The Labute approximate surface area is 160 Å². The van der Waals surface area contributed by atoms with Gasteiger partial charge in [0.25, 0.3) is 0 Å². The number of allylic oxidation sites excluding steroid dienone is 1. The van der Waals surface area contributed by atoms with Gasteiger partial charge in [0.2, 0.25) is 5.91 Å². The van der Waals surface area contributed by atoms with Crippen LogP contribution in [-0.4, -0.2) is 42.8 Å². The van der Waals surface area contributed by atoms with Gasteiger partial charge in [-0.1, -0.05) is 36.4 Å². The van der Waals surface area contributed by atoms with Crippen LogP contribution in [0.5, 0.6) is 0 Å². The molecule has 2 aliphatic rings. The maximum atomic E-state index is 11.9. The van der Waals surface area contributed by atoms with E-state index in [0.717, 1.165) is 5.56 Å². The lowest BCUT2D eigenvalue weighted by atomic mass is 9.83. The smallest absolute Gasteiger partial charge is 0.217 e. The summed E-state index contributed by atoms with van der Waals surface area (Å²) in [4.78, 5) is 11.9. The highest BCUT2D eigenvalue weighted by Crippen LogP contribution is 2.38. The van der Waals surface area contributed by atoms with E-state index in [2.05, 4.69) is 11.9 Å². The number of rotatable bonds is 6. The summed E-state index contributed by atoms with van der Waals surface area (Å²) in [5.41, 5.74) is 1.04. The molecule has 1 aromatic carbocycles. The van der Waals surface area contributed by atoms with E-state index in [4.69, 9.17) is 18.9 Å². The lowest BCUT2D eigenvalue weighted by molar-refractivity contribution is -0.363. The third-order valence-corrected chi connectivity index (χ3v) is 4.93. The minimum Gasteiger partial charge on any atom is -0.348 e. The van der Waals surface area contributed by atoms with Crippen molar-refractivity contribution in [2.75, 3.05) is 6.61 Å². The van der Waals surface area contributed by atoms with E-state index < -0.39 is 12.1 Å². The summed E-state index contributed by atoms with van der Waals surface area (Å²) in [5, 5.41) is 3.01. The molecule has 5 atom stereocenters. The van der Waals surface area contributed by atoms with Gasteiger partial charge in [0, 0.05) is 12.8 Å². The second-order valence-corrected chi connectivity index (χ2v) is 7.55. The molecule has 2 saturated heterocycles. The molecule has 1 N–H and O–H groups in total. The Balaban J connectivity index is 1.80. The van der Waals surface area contributed by atoms with Crippen molar-refractivity contribution in [2.45, 2.75) is 64.1 Å². The van der Waals surface area contributed by atoms with Gasteiger partial charge in [-0.2, -0.15) is 0 Å². The zero-order valence-corrected chi connectivity index (χ0v) is 16.2. The first kappa shape index (κ1) is 20.0. The van der Waals surface area contributed by atoms with Crippen LogP contribution in [0, 0.1) is 5.92 Å². The highest BCUT2D eigenvalue weighted by Gasteiger charge is 2.51. The van der Waals surface area contributed by atoms with Crippen LogP contribution in [0.15, 0.2) is 43.0 Å². The average molecular weight is 375 g/mol. The Kier molecular flexibility index (Phi) is 6.32. The number of benzene rings is 1. The van der Waals surface area contributed by atoms with Gasteiger partial charge in [0.05, 0.1) is 25.4 Å². The molecule has 0 saturated carbocycles. The van der Waals surface area contributed by atoms with Gasteiger partial charge in [0.15, 0.2) is 12.1 Å². The molecule has 27 heavy (non-hydrogen) atoms. The van der Waals surface area contributed by atoms with Crippen molar-refractivity contribution in [1.82, 2.24) is 5.32 Å². The van der Waals surface area contributed by atoms with Crippen molar-refractivity contribution >= 4 is 5.91 Å². The first-order valence-electron chi connectivity index (χ1n) is 9.40. The van der Waals surface area contributed by atoms with Gasteiger partial charge in [-0.15, -0.1) is 6.58 Å². The number of hydrogen-bond acceptors (Lipinski definition) is 5. The van der Waals surface area contributed by atoms with Crippen LogP contribution in [0.1, 0.15) is 32.8 Å². The van der Waals surface area contributed by atoms with E-state index in [9.17, 15) is 4.79 Å². The highest BCUT2D eigenvalue weighted by atomic mass is 16.8. The Bertz CT molecular complexity index is 647. The fourth-order valence-corrected chi connectivity index (χ4v) is 3.74. The molecule has 2 fully saturated rings. The minimum atomic E-state index is -0.692. The lowest BCUT2D eigenvalue weighted by Crippen LogP contribution is -2.65. The Morgan fingerprint density at radius 2 is 2.11 bits per heavy atom. The van der Waals surface area contributed by atoms with Crippen molar-refractivity contribution in [2.24, 2.45) is 5.92 Å². The SMILES string of the molecule is C=CC[C@@H]1[C@@H](NC(C)=O)[C@@H](OCc2ccccc2)O[C@@H]2COC(C)(C)O[C@@H]12. The van der Waals surface area contributed by atoms with Gasteiger partial charge in [-0.05, 0) is 25.8 Å². The number of nitrogens with one attached hydrogen (secondary N) is 1. The van der Waals surface area contributed by atoms with Crippen LogP contribution < -0.4 is 5.32 Å². The molecular formula is C21H29NO5. The number of fused-ring (bicyclic) bond motifs is 1. The van der Waals surface area contributed by atoms with Crippen LogP contribution in [0.2, 0.25) is 0 Å². The first-order chi connectivity index (χ1) is 12.9. The summed E-state index contributed by atoms with van der Waals surface area (Å²) in [6.45, 7) is 9.97. The normalized spacial score (nSPS) is 32.3. The fraction of sp³-hybridized carbons (Fsp3) is 0.571. The maximum absolute atomic E-state index is 11.9. The monoisotopic (exact) mass is 375 g/mol. The molecule has 2 aliphatic heterocycles. The quantitative estimate of drug-likeness (QED) is 0.775. The second kappa shape index (κ2) is 8.52. The largest absolute Gasteiger partial charge is 0.348 e. The number of hydrogen-bond donors (Lipinski definition) is 1. The van der Waals surface area contributed by atoms with Crippen LogP contribution in [-0.2, 0) is 30.3 Å². The summed E-state index contributed by atoms with van der Waals surface area (Å²) >= 11 is 0. The summed E-state index contributed by atoms with van der Waals surface area (Å²) in [6.07, 6.45) is 1.47. The van der Waals surface area contributed by atoms with E-state index in [-0.39, 0.29) is 30.1 Å². The summed E-state index contributed by atoms with van der Waals surface area (Å²) in [6, 6.07) is 9.55. The van der Waals surface area contributed by atoms with Crippen LogP contribution in [0.3, 0.4) is 0 Å². The van der Waals surface area contributed by atoms with Gasteiger partial charge >= 0.3 is 0 Å². The summed E-state index contributed by atoms with van der Waals surface area (Å²) < 4.78 is 24.2. The van der Waals surface area contributed by atoms with Crippen LogP contribution in [0.4, 0.5) is 0 Å². The zero-order valence-electron chi connectivity index (χ0n) is 16.2. The van der Waals surface area contributed by atoms with Crippen molar-refractivity contribution in [3.8, 4) is 0 Å². The van der Waals surface area contributed by atoms with E-state index in [1.54, 1.807) is 0 Å². The molecule has 0 radical (unpaired) electrons. The Morgan fingerprint density at radius 3 is 2.78 bits per heavy atom. The molecule has 3 rings (SSSR count). The molecule has 0 unspecified atom stereocenters. The standard InChI is InChI=1S/C21H29NO5/c1-5-9-16-18(22-14(2)23)20(24-12-15-10-7-6-8-11-15)26-17-13-25-21(3,4)27-19(16)17/h5-8,10-11,16-20H,1,9,12-13H2,2-4H3,(H,22,23)/t16-,17-,18-,19+,20+/m1/s1. The number of carbonyl (C=O) groups excluding carboxylic acids is 1. The molecular weight excluding hydrogens is 346 g/mol. The molecule has 6 nitrogen and oxygen atoms in total. The van der Waals surface area contributed by atoms with Crippen molar-refractivity contribution in [3.63, 3.8) is 0 Å². The molecule has 1 amide bonds. The summed E-state index contributed by atoms with van der Waals surface area (Å²) in [5.74, 6) is -0.840. The topological polar surface area (TPSA) is 66.0 Å². The predicted octanol–water partition coefficient (Wildman–Crippen LogP) is 2.78. The Hall–Kier alpha value is -1.73. The molecule has 0 aliphatic carbocycles. The second-order valence-electron chi connectivity index (χ2n) is 7.55. The molecule has 6 heteroatoms. The molecule has 2 heterocycles. The first-order valence-corrected chi connectivity index (χ1v) is 9.40. The van der Waals surface area contributed by atoms with Crippen molar-refractivity contribution < 1.29 is 23.7 Å². The van der Waals surface area contributed by atoms with Gasteiger partial charge in [0.1, 0.15) is 6.10 Å². The number of amides is 1. The van der Waals surface area contributed by atoms with Gasteiger partial charge in [-0.25, -0.2) is 0 Å². The van der Waals surface area contributed by atoms with Crippen molar-refractivity contribution in [1.29, 1.82) is 0 Å². The molecule has 0 aromatic heterocycles. The van der Waals surface area contributed by atoms with Crippen LogP contribution >= 0.6 is 0 Å². The van der Waals surface area contributed by atoms with E-state index in [1.807, 2.05) is 50.3 Å². The fourth-order valence-electron chi connectivity index (χ4n) is 3.74. The Morgan fingerprint density at radius 1 is 1.37 bits per heavy atom. The predicted molar refractivity (Wildman–Crippen MR) is 101 cm³/mol. The number of carbonyl (C=O) groups is 1. The van der Waals surface area contributed by atoms with Crippen LogP contribution in [0.25, 0.3) is 0 Å². The average Bonchev–Trinajstić information content (AvgIpc) is 2.62. The molecule has 0 bridgehead atoms. The summed E-state index contributed by atoms with van der Waals surface area (Å²) in [7, 11) is 0. The molecule has 148 valence electrons. The van der Waals surface area contributed by atoms with Gasteiger partial charge < -0.3 is 24.3 Å². The van der Waals surface area contributed by atoms with E-state index >= 15 is 0 Å². The number of ether oxygens (including phenoxy) is 4. The van der Waals surface area contributed by atoms with Crippen molar-refractivity contribution in [3.05, 3.63) is 48.6 Å². The third-order valence-electron chi connectivity index (χ3n) is 4.93. The minimum absolute atomic E-state index is 0.0194. The molecule has 1 aromatic rings.